The van der Waals surface area contributed by atoms with Crippen LogP contribution >= 0.6 is 11.8 Å². The Morgan fingerprint density at radius 3 is 2.67 bits per heavy atom. The summed E-state index contributed by atoms with van der Waals surface area (Å²) in [5.41, 5.74) is 6.49. The van der Waals surface area contributed by atoms with Crippen molar-refractivity contribution < 1.29 is 4.39 Å². The Kier molecular flexibility index (Phi) is 4.66. The zero-order chi connectivity index (χ0) is 12.8. The van der Waals surface area contributed by atoms with E-state index in [1.807, 2.05) is 6.07 Å². The van der Waals surface area contributed by atoms with Gasteiger partial charge in [0, 0.05) is 17.3 Å². The lowest BCUT2D eigenvalue weighted by molar-refractivity contribution is 0.624. The molecule has 0 saturated heterocycles. The van der Waals surface area contributed by atoms with E-state index in [1.165, 1.54) is 23.9 Å². The summed E-state index contributed by atoms with van der Waals surface area (Å²) in [4.78, 5) is 9.39. The molecule has 0 atom stereocenters. The van der Waals surface area contributed by atoms with Gasteiger partial charge in [0.2, 0.25) is 0 Å². The van der Waals surface area contributed by atoms with Crippen LogP contribution in [-0.4, -0.2) is 16.5 Å². The third kappa shape index (κ3) is 3.78. The molecule has 18 heavy (non-hydrogen) atoms. The molecule has 0 fully saturated rings. The number of aromatic nitrogens is 2. The van der Waals surface area contributed by atoms with Gasteiger partial charge in [-0.1, -0.05) is 6.07 Å². The maximum absolute atomic E-state index is 13.0. The number of hydrogen-bond donors (Lipinski definition) is 1. The molecule has 1 aromatic carbocycles. The highest BCUT2D eigenvalue weighted by Gasteiger charge is 2.01. The van der Waals surface area contributed by atoms with Gasteiger partial charge in [-0.05, 0) is 36.7 Å². The summed E-state index contributed by atoms with van der Waals surface area (Å²) < 4.78 is 13.0. The Labute approximate surface area is 110 Å². The van der Waals surface area contributed by atoms with E-state index in [4.69, 9.17) is 5.73 Å². The largest absolute Gasteiger partial charge is 0.330 e. The molecule has 0 aliphatic rings. The number of benzene rings is 1. The fraction of sp³-hybridized carbons (Fsp3) is 0.231. The van der Waals surface area contributed by atoms with Gasteiger partial charge in [-0.3, -0.25) is 0 Å². The Balaban J connectivity index is 1.93. The highest BCUT2D eigenvalue weighted by molar-refractivity contribution is 7.98. The maximum Gasteiger partial charge on any atom is 0.138 e. The lowest BCUT2D eigenvalue weighted by Gasteiger charge is -2.02. The van der Waals surface area contributed by atoms with Crippen LogP contribution in [0.2, 0.25) is 0 Å². The van der Waals surface area contributed by atoms with Crippen LogP contribution in [0.4, 0.5) is 4.39 Å². The zero-order valence-electron chi connectivity index (χ0n) is 9.84. The molecule has 0 aliphatic carbocycles. The predicted octanol–water partition coefficient (Wildman–Crippen LogP) is 2.41. The van der Waals surface area contributed by atoms with E-state index in [2.05, 4.69) is 9.97 Å². The van der Waals surface area contributed by atoms with E-state index < -0.39 is 0 Å². The molecule has 0 spiro atoms. The Morgan fingerprint density at radius 1 is 1.22 bits per heavy atom. The first kappa shape index (κ1) is 13.0. The summed E-state index contributed by atoms with van der Waals surface area (Å²) in [5, 5.41) is 0. The molecule has 0 unspecified atom stereocenters. The number of nitrogens with zero attached hydrogens (tertiary/aromatic N) is 2. The number of hydrogen-bond acceptors (Lipinski definition) is 4. The molecule has 94 valence electrons. The van der Waals surface area contributed by atoms with Crippen LogP contribution in [0.25, 0.3) is 0 Å². The molecule has 0 aliphatic heterocycles. The molecular weight excluding hydrogens is 249 g/mol. The third-order valence-electron chi connectivity index (χ3n) is 2.36. The topological polar surface area (TPSA) is 51.8 Å². The molecular formula is C13H14FN3S. The number of thioether (sulfide) groups is 1. The van der Waals surface area contributed by atoms with E-state index in [9.17, 15) is 4.39 Å². The first-order valence-electron chi connectivity index (χ1n) is 5.66. The fourth-order valence-corrected chi connectivity index (χ4v) is 2.27. The fourth-order valence-electron chi connectivity index (χ4n) is 1.46. The van der Waals surface area contributed by atoms with Gasteiger partial charge in [-0.2, -0.15) is 0 Å². The third-order valence-corrected chi connectivity index (χ3v) is 3.35. The SMILES string of the molecule is NCCc1cnc(CSc2cccc(F)c2)nc1. The minimum Gasteiger partial charge on any atom is -0.330 e. The summed E-state index contributed by atoms with van der Waals surface area (Å²) in [6, 6.07) is 6.51. The van der Waals surface area contributed by atoms with Crippen LogP contribution < -0.4 is 5.73 Å². The number of halogens is 1. The number of nitrogens with two attached hydrogens (primary N) is 1. The van der Waals surface area contributed by atoms with Gasteiger partial charge in [-0.15, -0.1) is 11.8 Å². The molecule has 0 amide bonds. The molecule has 5 heteroatoms. The van der Waals surface area contributed by atoms with Crippen LogP contribution in [0, 0.1) is 5.82 Å². The van der Waals surface area contributed by atoms with Gasteiger partial charge in [0.15, 0.2) is 0 Å². The smallest absolute Gasteiger partial charge is 0.138 e. The second kappa shape index (κ2) is 6.47. The van der Waals surface area contributed by atoms with Gasteiger partial charge in [0.05, 0.1) is 5.75 Å². The van der Waals surface area contributed by atoms with E-state index in [0.717, 1.165) is 22.7 Å². The monoisotopic (exact) mass is 263 g/mol. The maximum atomic E-state index is 13.0. The van der Waals surface area contributed by atoms with E-state index in [0.29, 0.717) is 12.3 Å². The highest BCUT2D eigenvalue weighted by Crippen LogP contribution is 2.21. The first-order chi connectivity index (χ1) is 8.78. The van der Waals surface area contributed by atoms with Gasteiger partial charge in [0.1, 0.15) is 11.6 Å². The predicted molar refractivity (Wildman–Crippen MR) is 70.8 cm³/mol. The summed E-state index contributed by atoms with van der Waals surface area (Å²) >= 11 is 1.52. The van der Waals surface area contributed by atoms with Crippen molar-refractivity contribution in [1.82, 2.24) is 9.97 Å². The van der Waals surface area contributed by atoms with Crippen molar-refractivity contribution in [2.45, 2.75) is 17.1 Å². The van der Waals surface area contributed by atoms with Crippen molar-refractivity contribution in [2.24, 2.45) is 5.73 Å². The van der Waals surface area contributed by atoms with Crippen LogP contribution in [0.5, 0.6) is 0 Å². The lowest BCUT2D eigenvalue weighted by atomic mass is 10.2. The molecule has 3 nitrogen and oxygen atoms in total. The highest BCUT2D eigenvalue weighted by atomic mass is 32.2. The van der Waals surface area contributed by atoms with Crippen LogP contribution in [0.3, 0.4) is 0 Å². The molecule has 0 bridgehead atoms. The standard InChI is InChI=1S/C13H14FN3S/c14-11-2-1-3-12(6-11)18-9-13-16-7-10(4-5-15)8-17-13/h1-3,6-8H,4-5,9,15H2. The van der Waals surface area contributed by atoms with Gasteiger partial charge in [0.25, 0.3) is 0 Å². The minimum absolute atomic E-state index is 0.223. The normalized spacial score (nSPS) is 10.6. The van der Waals surface area contributed by atoms with Crippen molar-refractivity contribution in [3.8, 4) is 0 Å². The molecule has 0 saturated carbocycles. The van der Waals surface area contributed by atoms with Crippen molar-refractivity contribution in [2.75, 3.05) is 6.54 Å². The van der Waals surface area contributed by atoms with Crippen molar-refractivity contribution in [1.29, 1.82) is 0 Å². The summed E-state index contributed by atoms with van der Waals surface area (Å²) in [6.45, 7) is 0.598. The summed E-state index contributed by atoms with van der Waals surface area (Å²) in [5.74, 6) is 1.15. The molecule has 1 aromatic heterocycles. The Morgan fingerprint density at radius 2 is 2.00 bits per heavy atom. The molecule has 0 radical (unpaired) electrons. The minimum atomic E-state index is -0.223. The lowest BCUT2D eigenvalue weighted by Crippen LogP contribution is -2.04. The first-order valence-corrected chi connectivity index (χ1v) is 6.65. The zero-order valence-corrected chi connectivity index (χ0v) is 10.7. The van der Waals surface area contributed by atoms with E-state index >= 15 is 0 Å². The second-order valence-corrected chi connectivity index (χ2v) is 4.84. The van der Waals surface area contributed by atoms with Crippen LogP contribution in [0.1, 0.15) is 11.4 Å². The second-order valence-electron chi connectivity index (χ2n) is 3.79. The van der Waals surface area contributed by atoms with Gasteiger partial charge < -0.3 is 5.73 Å². The Hall–Kier alpha value is -1.46. The number of rotatable bonds is 5. The van der Waals surface area contributed by atoms with Crippen LogP contribution in [0.15, 0.2) is 41.6 Å². The van der Waals surface area contributed by atoms with Gasteiger partial charge >= 0.3 is 0 Å². The van der Waals surface area contributed by atoms with Gasteiger partial charge in [-0.25, -0.2) is 14.4 Å². The van der Waals surface area contributed by atoms with Crippen LogP contribution in [-0.2, 0) is 12.2 Å². The molecule has 1 heterocycles. The summed E-state index contributed by atoms with van der Waals surface area (Å²) in [7, 11) is 0. The van der Waals surface area contributed by atoms with Crippen molar-refractivity contribution >= 4 is 11.8 Å². The van der Waals surface area contributed by atoms with E-state index in [-0.39, 0.29) is 5.82 Å². The molecule has 2 rings (SSSR count). The van der Waals surface area contributed by atoms with Crippen molar-refractivity contribution in [3.63, 3.8) is 0 Å². The molecule has 2 aromatic rings. The van der Waals surface area contributed by atoms with Crippen molar-refractivity contribution in [3.05, 3.63) is 53.9 Å². The summed E-state index contributed by atoms with van der Waals surface area (Å²) in [6.07, 6.45) is 4.37. The quantitative estimate of drug-likeness (QED) is 0.842. The average Bonchev–Trinajstić information content (AvgIpc) is 2.38. The Bertz CT molecular complexity index is 502. The van der Waals surface area contributed by atoms with E-state index in [1.54, 1.807) is 18.5 Å². The average molecular weight is 263 g/mol. The molecule has 2 N–H and O–H groups in total.